The second-order valence-electron chi connectivity index (χ2n) is 4.97. The van der Waals surface area contributed by atoms with E-state index in [4.69, 9.17) is 9.84 Å². The van der Waals surface area contributed by atoms with Crippen molar-refractivity contribution in [2.75, 3.05) is 13.2 Å². The van der Waals surface area contributed by atoms with Gasteiger partial charge in [0.1, 0.15) is 5.76 Å². The number of carbonyl (C=O) groups is 1. The Bertz CT molecular complexity index is 491. The maximum Gasteiger partial charge on any atom is 0.250 e. The Morgan fingerprint density at radius 2 is 2.00 bits per heavy atom. The maximum atomic E-state index is 12.0. The normalized spacial score (nSPS) is 14.9. The molecule has 1 aliphatic heterocycles. The summed E-state index contributed by atoms with van der Waals surface area (Å²) in [6.07, 6.45) is 2.48. The van der Waals surface area contributed by atoms with Gasteiger partial charge >= 0.3 is 0 Å². The van der Waals surface area contributed by atoms with Crippen molar-refractivity contribution in [2.45, 2.75) is 32.8 Å². The zero-order chi connectivity index (χ0) is 14.4. The van der Waals surface area contributed by atoms with Crippen molar-refractivity contribution in [3.63, 3.8) is 0 Å². The Balaban J connectivity index is 1.81. The largest absolute Gasteiger partial charge is 0.498 e. The van der Waals surface area contributed by atoms with Crippen molar-refractivity contribution in [1.29, 1.82) is 0 Å². The molecule has 2 N–H and O–H groups in total. The molecule has 0 spiro atoms. The Labute approximate surface area is 119 Å². The van der Waals surface area contributed by atoms with Crippen LogP contribution in [0.1, 0.15) is 30.9 Å². The fourth-order valence-corrected chi connectivity index (χ4v) is 2.25. The predicted molar refractivity (Wildman–Crippen MR) is 77.0 cm³/mol. The molecule has 1 heterocycles. The maximum absolute atomic E-state index is 12.0. The lowest BCUT2D eigenvalue weighted by Gasteiger charge is -2.18. The van der Waals surface area contributed by atoms with Crippen molar-refractivity contribution in [3.8, 4) is 0 Å². The number of aliphatic hydroxyl groups is 1. The highest BCUT2D eigenvalue weighted by Gasteiger charge is 2.17. The number of carbonyl (C=O) groups excluding carboxylic acids is 1. The fourth-order valence-electron chi connectivity index (χ4n) is 2.25. The Hall–Kier alpha value is -1.81. The van der Waals surface area contributed by atoms with E-state index in [0.717, 1.165) is 41.7 Å². The van der Waals surface area contributed by atoms with Gasteiger partial charge < -0.3 is 15.2 Å². The van der Waals surface area contributed by atoms with Crippen molar-refractivity contribution in [2.24, 2.45) is 0 Å². The smallest absolute Gasteiger partial charge is 0.250 e. The number of nitrogens with one attached hydrogen (secondary N) is 1. The molecular weight excluding hydrogens is 254 g/mol. The summed E-state index contributed by atoms with van der Waals surface area (Å²) in [5.74, 6) is 0.732. The molecule has 0 saturated heterocycles. The van der Waals surface area contributed by atoms with Gasteiger partial charge in [-0.3, -0.25) is 4.79 Å². The van der Waals surface area contributed by atoms with E-state index in [0.29, 0.717) is 13.2 Å². The van der Waals surface area contributed by atoms with Gasteiger partial charge in [0, 0.05) is 6.54 Å². The van der Waals surface area contributed by atoms with Gasteiger partial charge in [-0.1, -0.05) is 24.3 Å². The highest BCUT2D eigenvalue weighted by atomic mass is 16.5. The molecule has 1 aromatic rings. The summed E-state index contributed by atoms with van der Waals surface area (Å²) < 4.78 is 5.40. The van der Waals surface area contributed by atoms with Gasteiger partial charge in [-0.15, -0.1) is 0 Å². The first-order valence-corrected chi connectivity index (χ1v) is 7.00. The van der Waals surface area contributed by atoms with Gasteiger partial charge in [0.25, 0.3) is 5.91 Å². The molecule has 0 aliphatic carbocycles. The van der Waals surface area contributed by atoms with Crippen LogP contribution in [0, 0.1) is 0 Å². The van der Waals surface area contributed by atoms with Gasteiger partial charge in [0.15, 0.2) is 0 Å². The second-order valence-corrected chi connectivity index (χ2v) is 4.97. The number of ether oxygens (including phenoxy) is 1. The number of benzene rings is 1. The molecule has 0 radical (unpaired) electrons. The summed E-state index contributed by atoms with van der Waals surface area (Å²) in [5, 5.41) is 11.9. The number of aliphatic hydroxyl groups excluding tert-OH is 1. The third-order valence-corrected chi connectivity index (χ3v) is 3.49. The Morgan fingerprint density at radius 3 is 2.65 bits per heavy atom. The Morgan fingerprint density at radius 1 is 1.30 bits per heavy atom. The zero-order valence-corrected chi connectivity index (χ0v) is 11.8. The van der Waals surface area contributed by atoms with E-state index in [1.807, 2.05) is 31.2 Å². The highest BCUT2D eigenvalue weighted by molar-refractivity contribution is 5.93. The number of hydrogen-bond acceptors (Lipinski definition) is 3. The van der Waals surface area contributed by atoms with E-state index in [1.165, 1.54) is 0 Å². The molecule has 1 aromatic carbocycles. The quantitative estimate of drug-likeness (QED) is 0.863. The number of hydrogen-bond donors (Lipinski definition) is 2. The lowest BCUT2D eigenvalue weighted by molar-refractivity contribution is -0.118. The predicted octanol–water partition coefficient (Wildman–Crippen LogP) is 1.92. The summed E-state index contributed by atoms with van der Waals surface area (Å²) in [5.41, 5.74) is 2.82. The first kappa shape index (κ1) is 14.6. The number of rotatable bonds is 5. The van der Waals surface area contributed by atoms with E-state index in [9.17, 15) is 4.79 Å². The second kappa shape index (κ2) is 7.10. The molecule has 0 aromatic heterocycles. The molecule has 1 amide bonds. The van der Waals surface area contributed by atoms with E-state index < -0.39 is 0 Å². The molecule has 1 aliphatic rings. The van der Waals surface area contributed by atoms with Crippen LogP contribution in [0.25, 0.3) is 0 Å². The summed E-state index contributed by atoms with van der Waals surface area (Å²) >= 11 is 0. The monoisotopic (exact) mass is 275 g/mol. The van der Waals surface area contributed by atoms with Crippen LogP contribution in [0.2, 0.25) is 0 Å². The van der Waals surface area contributed by atoms with Crippen molar-refractivity contribution < 1.29 is 14.6 Å². The van der Waals surface area contributed by atoms with Gasteiger partial charge in [0.2, 0.25) is 0 Å². The third-order valence-electron chi connectivity index (χ3n) is 3.49. The zero-order valence-electron chi connectivity index (χ0n) is 11.8. The molecule has 0 atom stereocenters. The fraction of sp³-hybridized carbons (Fsp3) is 0.438. The summed E-state index contributed by atoms with van der Waals surface area (Å²) in [6, 6.07) is 7.76. The van der Waals surface area contributed by atoms with Crippen molar-refractivity contribution in [1.82, 2.24) is 5.32 Å². The lowest BCUT2D eigenvalue weighted by atomic mass is 10.1. The Kier molecular flexibility index (Phi) is 5.18. The number of amides is 1. The third kappa shape index (κ3) is 3.84. The first-order valence-electron chi connectivity index (χ1n) is 7.00. The topological polar surface area (TPSA) is 58.6 Å². The van der Waals surface area contributed by atoms with Crippen LogP contribution >= 0.6 is 0 Å². The molecule has 0 fully saturated rings. The average Bonchev–Trinajstić information content (AvgIpc) is 2.48. The van der Waals surface area contributed by atoms with Crippen molar-refractivity contribution in [3.05, 3.63) is 46.7 Å². The van der Waals surface area contributed by atoms with Crippen LogP contribution in [0.3, 0.4) is 0 Å². The highest BCUT2D eigenvalue weighted by Crippen LogP contribution is 2.18. The number of allylic oxidation sites excluding steroid dienone is 1. The molecule has 0 bridgehead atoms. The minimum absolute atomic E-state index is 0.0193. The molecule has 0 unspecified atom stereocenters. The van der Waals surface area contributed by atoms with E-state index in [-0.39, 0.29) is 12.5 Å². The lowest BCUT2D eigenvalue weighted by Crippen LogP contribution is -2.29. The molecule has 2 rings (SSSR count). The van der Waals surface area contributed by atoms with Crippen LogP contribution in [0.5, 0.6) is 0 Å². The molecule has 4 nitrogen and oxygen atoms in total. The SMILES string of the molecule is CC1=C(C(=O)NCCc2ccc(CO)cc2)CCCO1. The molecule has 20 heavy (non-hydrogen) atoms. The van der Waals surface area contributed by atoms with Gasteiger partial charge in [-0.2, -0.15) is 0 Å². The van der Waals surface area contributed by atoms with Gasteiger partial charge in [0.05, 0.1) is 18.8 Å². The van der Waals surface area contributed by atoms with Gasteiger partial charge in [-0.25, -0.2) is 0 Å². The minimum Gasteiger partial charge on any atom is -0.498 e. The van der Waals surface area contributed by atoms with Crippen LogP contribution < -0.4 is 5.32 Å². The molecular formula is C16H21NO3. The minimum atomic E-state index is -0.0193. The summed E-state index contributed by atoms with van der Waals surface area (Å²) in [7, 11) is 0. The standard InChI is InChI=1S/C16H21NO3/c1-12-15(3-2-10-20-12)16(19)17-9-8-13-4-6-14(11-18)7-5-13/h4-7,18H,2-3,8-11H2,1H3,(H,17,19). The van der Waals surface area contributed by atoms with E-state index in [1.54, 1.807) is 0 Å². The van der Waals surface area contributed by atoms with Crippen LogP contribution in [0.15, 0.2) is 35.6 Å². The average molecular weight is 275 g/mol. The van der Waals surface area contributed by atoms with Gasteiger partial charge in [-0.05, 0) is 37.3 Å². The van der Waals surface area contributed by atoms with Crippen LogP contribution in [-0.4, -0.2) is 24.2 Å². The van der Waals surface area contributed by atoms with Crippen LogP contribution in [-0.2, 0) is 22.6 Å². The van der Waals surface area contributed by atoms with Crippen LogP contribution in [0.4, 0.5) is 0 Å². The molecule has 108 valence electrons. The summed E-state index contributed by atoms with van der Waals surface area (Å²) in [6.45, 7) is 3.22. The first-order chi connectivity index (χ1) is 9.70. The van der Waals surface area contributed by atoms with E-state index >= 15 is 0 Å². The summed E-state index contributed by atoms with van der Waals surface area (Å²) in [4.78, 5) is 12.0. The van der Waals surface area contributed by atoms with E-state index in [2.05, 4.69) is 5.32 Å². The van der Waals surface area contributed by atoms with Crippen molar-refractivity contribution >= 4 is 5.91 Å². The molecule has 0 saturated carbocycles. The molecule has 4 heteroatoms.